The maximum Gasteiger partial charge on any atom is 0.233 e. The van der Waals surface area contributed by atoms with E-state index in [-0.39, 0.29) is 16.8 Å². The highest BCUT2D eigenvalue weighted by molar-refractivity contribution is 7.85. The molecule has 10 heteroatoms. The van der Waals surface area contributed by atoms with Gasteiger partial charge in [0.1, 0.15) is 10.1 Å². The molecule has 0 fully saturated rings. The van der Waals surface area contributed by atoms with Gasteiger partial charge in [0.15, 0.2) is 0 Å². The van der Waals surface area contributed by atoms with E-state index in [1.54, 1.807) is 31.2 Å². The second-order valence-electron chi connectivity index (χ2n) is 8.28. The first-order valence-electron chi connectivity index (χ1n) is 12.1. The number of unbranched alkanes of at least 4 members (excludes halogenated alkanes) is 9. The second kappa shape index (κ2) is 14.5. The molecule has 1 aromatic heterocycles. The highest BCUT2D eigenvalue weighted by Gasteiger charge is 2.10. The van der Waals surface area contributed by atoms with Crippen molar-refractivity contribution in [3.63, 3.8) is 0 Å². The third kappa shape index (κ3) is 10.0. The van der Waals surface area contributed by atoms with Crippen molar-refractivity contribution in [3.8, 4) is 0 Å². The number of nitrogen functional groups attached to an aromatic ring is 1. The highest BCUT2D eigenvalue weighted by Crippen LogP contribution is 2.24. The fraction of sp³-hybridized carbons (Fsp3) is 0.542. The summed E-state index contributed by atoms with van der Waals surface area (Å²) in [4.78, 5) is 12.1. The molecule has 34 heavy (non-hydrogen) atoms. The number of rotatable bonds is 16. The van der Waals surface area contributed by atoms with Crippen LogP contribution < -0.4 is 16.4 Å². The van der Waals surface area contributed by atoms with Crippen LogP contribution in [0.15, 0.2) is 29.2 Å². The first-order valence-corrected chi connectivity index (χ1v) is 13.5. The summed E-state index contributed by atoms with van der Waals surface area (Å²) in [6.45, 7) is 4.70. The van der Waals surface area contributed by atoms with Gasteiger partial charge in [-0.05, 0) is 31.0 Å². The van der Waals surface area contributed by atoms with E-state index in [4.69, 9.17) is 5.73 Å². The Kier molecular flexibility index (Phi) is 11.8. The van der Waals surface area contributed by atoms with Crippen molar-refractivity contribution in [2.24, 2.45) is 0 Å². The van der Waals surface area contributed by atoms with Crippen molar-refractivity contribution in [3.05, 3.63) is 29.8 Å². The Morgan fingerprint density at radius 3 is 2.18 bits per heavy atom. The highest BCUT2D eigenvalue weighted by atomic mass is 32.2. The van der Waals surface area contributed by atoms with Gasteiger partial charge in [-0.2, -0.15) is 15.0 Å². The fourth-order valence-corrected chi connectivity index (χ4v) is 4.31. The van der Waals surface area contributed by atoms with E-state index in [2.05, 4.69) is 32.5 Å². The number of nitrogens with two attached hydrogens (primary N) is 1. The van der Waals surface area contributed by atoms with Crippen molar-refractivity contribution in [2.75, 3.05) is 22.9 Å². The summed E-state index contributed by atoms with van der Waals surface area (Å²) >= 11 is 0. The molecular weight excluding hydrogens is 452 g/mol. The molecule has 0 amide bonds. The maximum absolute atomic E-state index is 11.6. The summed E-state index contributed by atoms with van der Waals surface area (Å²) in [5, 5.41) is 6.06. The number of nitrogens with zero attached hydrogens (tertiary/aromatic N) is 3. The Morgan fingerprint density at radius 2 is 1.56 bits per heavy atom. The lowest BCUT2D eigenvalue weighted by Gasteiger charge is -2.14. The van der Waals surface area contributed by atoms with Gasteiger partial charge >= 0.3 is 0 Å². The van der Waals surface area contributed by atoms with Gasteiger partial charge in [0.2, 0.25) is 17.8 Å². The average molecular weight is 490 g/mol. The third-order valence-electron chi connectivity index (χ3n) is 5.35. The smallest absolute Gasteiger partial charge is 0.233 e. The largest absolute Gasteiger partial charge is 0.744 e. The lowest BCUT2D eigenvalue weighted by Crippen LogP contribution is -2.10. The normalized spacial score (nSPS) is 11.7. The van der Waals surface area contributed by atoms with Gasteiger partial charge in [-0.3, -0.25) is 0 Å². The van der Waals surface area contributed by atoms with Crippen molar-refractivity contribution >= 4 is 39.7 Å². The molecule has 0 saturated carbocycles. The average Bonchev–Trinajstić information content (AvgIpc) is 2.77. The maximum atomic E-state index is 11.6. The van der Waals surface area contributed by atoms with E-state index in [0.717, 1.165) is 19.4 Å². The number of hydrogen-bond acceptors (Lipinski definition) is 9. The van der Waals surface area contributed by atoms with Crippen LogP contribution in [0.4, 0.5) is 23.5 Å². The summed E-state index contributed by atoms with van der Waals surface area (Å²) in [6.07, 6.45) is 15.8. The molecule has 2 rings (SSSR count). The molecule has 0 aliphatic heterocycles. The van der Waals surface area contributed by atoms with Crippen LogP contribution in [0.3, 0.4) is 0 Å². The van der Waals surface area contributed by atoms with E-state index >= 15 is 0 Å². The zero-order chi connectivity index (χ0) is 24.8. The summed E-state index contributed by atoms with van der Waals surface area (Å²) < 4.78 is 34.9. The zero-order valence-electron chi connectivity index (χ0n) is 20.2. The van der Waals surface area contributed by atoms with Crippen LogP contribution in [-0.2, 0) is 10.1 Å². The van der Waals surface area contributed by atoms with E-state index < -0.39 is 10.1 Å². The molecule has 1 heterocycles. The molecule has 188 valence electrons. The van der Waals surface area contributed by atoms with Crippen LogP contribution in [0.25, 0.3) is 6.08 Å². The Hall–Kier alpha value is -2.72. The molecule has 4 N–H and O–H groups in total. The fourth-order valence-electron chi connectivity index (χ4n) is 3.61. The van der Waals surface area contributed by atoms with Gasteiger partial charge in [-0.15, -0.1) is 0 Å². The predicted octanol–water partition coefficient (Wildman–Crippen LogP) is 5.47. The van der Waals surface area contributed by atoms with Gasteiger partial charge in [-0.25, -0.2) is 8.42 Å². The number of allylic oxidation sites excluding steroid dienone is 1. The first kappa shape index (κ1) is 27.5. The number of anilines is 4. The van der Waals surface area contributed by atoms with E-state index in [0.29, 0.717) is 17.2 Å². The lowest BCUT2D eigenvalue weighted by molar-refractivity contribution is 0.463. The number of nitrogens with one attached hydrogen (secondary N) is 2. The molecule has 0 bridgehead atoms. The minimum atomic E-state index is -4.65. The Labute approximate surface area is 203 Å². The van der Waals surface area contributed by atoms with Crippen LogP contribution in [0.5, 0.6) is 0 Å². The lowest BCUT2D eigenvalue weighted by atomic mass is 10.1. The van der Waals surface area contributed by atoms with Crippen LogP contribution in [0.1, 0.15) is 83.6 Å². The zero-order valence-corrected chi connectivity index (χ0v) is 21.0. The van der Waals surface area contributed by atoms with Gasteiger partial charge in [0.25, 0.3) is 0 Å². The third-order valence-corrected chi connectivity index (χ3v) is 6.24. The minimum Gasteiger partial charge on any atom is -0.744 e. The first-order chi connectivity index (χ1) is 16.3. The standard InChI is InChI=1S/C24H38N6O3S/c1-3-5-6-7-8-9-10-11-12-13-17-26-23-28-22(25)29-24(30-23)27-20-16-15-19(14-4-2)21(18-20)34(31,32)33/h4,14-16,18H,3,5-13,17H2,1-2H3,(H,31,32,33)(H4,25,26,27,28,29,30)/p-1/b14-4+. The van der Waals surface area contributed by atoms with Crippen molar-refractivity contribution < 1.29 is 13.0 Å². The van der Waals surface area contributed by atoms with Crippen LogP contribution in [0.2, 0.25) is 0 Å². The Morgan fingerprint density at radius 1 is 0.941 bits per heavy atom. The summed E-state index contributed by atoms with van der Waals surface area (Å²) in [5.74, 6) is 0.532. The minimum absolute atomic E-state index is 0.0327. The van der Waals surface area contributed by atoms with Crippen molar-refractivity contribution in [2.45, 2.75) is 83.0 Å². The Bertz CT molecular complexity index is 1030. The van der Waals surface area contributed by atoms with Crippen LogP contribution in [-0.4, -0.2) is 34.5 Å². The molecule has 0 radical (unpaired) electrons. The van der Waals surface area contributed by atoms with E-state index in [9.17, 15) is 13.0 Å². The molecule has 0 aliphatic carbocycles. The quantitative estimate of drug-likeness (QED) is 0.206. The Balaban J connectivity index is 1.85. The van der Waals surface area contributed by atoms with Crippen molar-refractivity contribution in [1.29, 1.82) is 0 Å². The van der Waals surface area contributed by atoms with Crippen LogP contribution in [0, 0.1) is 0 Å². The number of hydrogen-bond donors (Lipinski definition) is 3. The molecule has 2 aromatic rings. The molecule has 0 atom stereocenters. The van der Waals surface area contributed by atoms with Crippen LogP contribution >= 0.6 is 0 Å². The molecule has 0 saturated heterocycles. The molecular formula is C24H37N6O3S-. The molecule has 1 aromatic carbocycles. The van der Waals surface area contributed by atoms with Gasteiger partial charge < -0.3 is 20.9 Å². The topological polar surface area (TPSA) is 146 Å². The predicted molar refractivity (Wildman–Crippen MR) is 137 cm³/mol. The van der Waals surface area contributed by atoms with Gasteiger partial charge in [0, 0.05) is 12.2 Å². The second-order valence-corrected chi connectivity index (χ2v) is 9.63. The summed E-state index contributed by atoms with van der Waals surface area (Å²) in [5.41, 5.74) is 6.48. The number of benzene rings is 1. The van der Waals surface area contributed by atoms with Crippen molar-refractivity contribution in [1.82, 2.24) is 15.0 Å². The van der Waals surface area contributed by atoms with Gasteiger partial charge in [0.05, 0.1) is 4.90 Å². The van der Waals surface area contributed by atoms with E-state index in [1.807, 2.05) is 0 Å². The molecule has 0 aliphatic rings. The molecule has 0 unspecified atom stereocenters. The summed E-state index contributed by atoms with van der Waals surface area (Å²) in [7, 11) is -4.65. The molecule has 9 nitrogen and oxygen atoms in total. The monoisotopic (exact) mass is 489 g/mol. The summed E-state index contributed by atoms with van der Waals surface area (Å²) in [6, 6.07) is 4.44. The van der Waals surface area contributed by atoms with E-state index in [1.165, 1.54) is 57.4 Å². The number of aromatic nitrogens is 3. The molecule has 0 spiro atoms. The SMILES string of the molecule is C/C=C/c1ccc(Nc2nc(N)nc(NCCCCCCCCCCCC)n2)cc1S(=O)(=O)[O-]. The van der Waals surface area contributed by atoms with Gasteiger partial charge in [-0.1, -0.05) is 82.9 Å².